The van der Waals surface area contributed by atoms with Crippen molar-refractivity contribution in [2.45, 2.75) is 26.7 Å². The molecule has 2 aliphatic rings. The van der Waals surface area contributed by atoms with Gasteiger partial charge in [0.25, 0.3) is 5.91 Å². The number of aromatic nitrogens is 1. The molecule has 6 nitrogen and oxygen atoms in total. The van der Waals surface area contributed by atoms with Crippen molar-refractivity contribution in [1.82, 2.24) is 15.3 Å². The number of rotatable bonds is 3. The van der Waals surface area contributed by atoms with Gasteiger partial charge in [-0.2, -0.15) is 5.10 Å². The summed E-state index contributed by atoms with van der Waals surface area (Å²) in [5.41, 5.74) is 8.94. The first-order chi connectivity index (χ1) is 13.1. The highest BCUT2D eigenvalue weighted by atomic mass is 32.2. The van der Waals surface area contributed by atoms with Gasteiger partial charge in [-0.05, 0) is 56.0 Å². The predicted octanol–water partition coefficient (Wildman–Crippen LogP) is 3.60. The Morgan fingerprint density at radius 1 is 1.19 bits per heavy atom. The third-order valence-corrected chi connectivity index (χ3v) is 5.87. The van der Waals surface area contributed by atoms with E-state index in [-0.39, 0.29) is 5.91 Å². The number of nitrogens with one attached hydrogen (secondary N) is 2. The highest BCUT2D eigenvalue weighted by Gasteiger charge is 2.22. The Hall–Kier alpha value is -2.54. The summed E-state index contributed by atoms with van der Waals surface area (Å²) in [7, 11) is 0. The van der Waals surface area contributed by atoms with E-state index in [1.807, 2.05) is 23.2 Å². The van der Waals surface area contributed by atoms with Gasteiger partial charge >= 0.3 is 0 Å². The fraction of sp³-hybridized carbons (Fsp3) is 0.350. The van der Waals surface area contributed by atoms with Crippen LogP contribution in [-0.2, 0) is 0 Å². The summed E-state index contributed by atoms with van der Waals surface area (Å²) in [6, 6.07) is 8.06. The van der Waals surface area contributed by atoms with Crippen molar-refractivity contribution in [3.63, 3.8) is 0 Å². The van der Waals surface area contributed by atoms with E-state index in [4.69, 9.17) is 0 Å². The first kappa shape index (κ1) is 17.9. The number of thioether (sulfide) groups is 1. The van der Waals surface area contributed by atoms with Gasteiger partial charge in [-0.3, -0.25) is 10.2 Å². The van der Waals surface area contributed by atoms with Crippen LogP contribution in [0.2, 0.25) is 0 Å². The number of carbonyl (C=O) groups is 1. The largest absolute Gasteiger partial charge is 0.357 e. The number of hydrogen-bond acceptors (Lipinski definition) is 4. The molecule has 7 heteroatoms. The second-order valence-corrected chi connectivity index (χ2v) is 7.91. The molecule has 1 aromatic carbocycles. The van der Waals surface area contributed by atoms with Crippen molar-refractivity contribution in [1.29, 1.82) is 0 Å². The number of aromatic amines is 1. The topological polar surface area (TPSA) is 72.8 Å². The van der Waals surface area contributed by atoms with Crippen LogP contribution >= 0.6 is 11.8 Å². The minimum Gasteiger partial charge on any atom is -0.357 e. The lowest BCUT2D eigenvalue weighted by Gasteiger charge is -2.14. The molecule has 0 aliphatic carbocycles. The van der Waals surface area contributed by atoms with Crippen molar-refractivity contribution in [2.75, 3.05) is 18.8 Å². The van der Waals surface area contributed by atoms with E-state index in [0.29, 0.717) is 11.4 Å². The van der Waals surface area contributed by atoms with E-state index in [1.165, 1.54) is 11.1 Å². The van der Waals surface area contributed by atoms with Crippen LogP contribution in [0.4, 0.5) is 5.69 Å². The number of amides is 1. The van der Waals surface area contributed by atoms with E-state index in [9.17, 15) is 4.79 Å². The Balaban J connectivity index is 1.45. The number of benzene rings is 1. The molecule has 140 valence electrons. The Morgan fingerprint density at radius 2 is 2.00 bits per heavy atom. The predicted molar refractivity (Wildman–Crippen MR) is 111 cm³/mol. The minimum atomic E-state index is 0.0766. The number of hydrazone groups is 1. The van der Waals surface area contributed by atoms with Gasteiger partial charge < -0.3 is 9.88 Å². The highest BCUT2D eigenvalue weighted by molar-refractivity contribution is 8.14. The molecule has 0 spiro atoms. The molecule has 1 saturated heterocycles. The minimum absolute atomic E-state index is 0.0766. The van der Waals surface area contributed by atoms with Gasteiger partial charge in [0, 0.05) is 30.6 Å². The van der Waals surface area contributed by atoms with Gasteiger partial charge in [0.05, 0.1) is 11.4 Å². The van der Waals surface area contributed by atoms with Crippen LogP contribution in [0.25, 0.3) is 0 Å². The number of carbonyl (C=O) groups excluding carboxylic acids is 1. The van der Waals surface area contributed by atoms with Crippen molar-refractivity contribution >= 4 is 34.2 Å². The highest BCUT2D eigenvalue weighted by Crippen LogP contribution is 2.21. The van der Waals surface area contributed by atoms with Crippen LogP contribution < -0.4 is 5.43 Å². The number of aliphatic imine (C=N–C) groups is 1. The van der Waals surface area contributed by atoms with Gasteiger partial charge in [-0.25, -0.2) is 4.99 Å². The lowest BCUT2D eigenvalue weighted by atomic mass is 10.1. The molecule has 0 unspecified atom stereocenters. The third kappa shape index (κ3) is 3.93. The zero-order valence-corrected chi connectivity index (χ0v) is 16.4. The van der Waals surface area contributed by atoms with Gasteiger partial charge in [-0.1, -0.05) is 17.8 Å². The molecule has 0 radical (unpaired) electrons. The van der Waals surface area contributed by atoms with Crippen molar-refractivity contribution < 1.29 is 4.79 Å². The maximum atomic E-state index is 12.5. The molecule has 1 amide bonds. The van der Waals surface area contributed by atoms with Crippen LogP contribution in [0.3, 0.4) is 0 Å². The molecule has 0 atom stereocenters. The second-order valence-electron chi connectivity index (χ2n) is 6.95. The van der Waals surface area contributed by atoms with E-state index in [2.05, 4.69) is 46.5 Å². The van der Waals surface area contributed by atoms with E-state index in [0.717, 1.165) is 48.1 Å². The van der Waals surface area contributed by atoms with Crippen molar-refractivity contribution in [2.24, 2.45) is 10.1 Å². The van der Waals surface area contributed by atoms with Crippen LogP contribution in [-0.4, -0.2) is 45.5 Å². The Morgan fingerprint density at radius 3 is 2.70 bits per heavy atom. The lowest BCUT2D eigenvalue weighted by Crippen LogP contribution is -2.27. The monoisotopic (exact) mass is 381 g/mol. The quantitative estimate of drug-likeness (QED) is 0.853. The number of amidine groups is 1. The summed E-state index contributed by atoms with van der Waals surface area (Å²) in [6.45, 7) is 5.88. The maximum absolute atomic E-state index is 12.5. The molecular weight excluding hydrogens is 358 g/mol. The summed E-state index contributed by atoms with van der Waals surface area (Å²) in [5.74, 6) is 0.791. The average molecular weight is 382 g/mol. The fourth-order valence-corrected chi connectivity index (χ4v) is 3.99. The summed E-state index contributed by atoms with van der Waals surface area (Å²) in [5, 5.41) is 5.24. The first-order valence-corrected chi connectivity index (χ1v) is 10.2. The smallest absolute Gasteiger partial charge is 0.270 e. The van der Waals surface area contributed by atoms with E-state index in [1.54, 1.807) is 11.8 Å². The van der Waals surface area contributed by atoms with Crippen LogP contribution in [0, 0.1) is 13.8 Å². The summed E-state index contributed by atoms with van der Waals surface area (Å²) in [4.78, 5) is 22.1. The first-order valence-electron chi connectivity index (χ1n) is 9.19. The van der Waals surface area contributed by atoms with Gasteiger partial charge in [0.1, 0.15) is 5.69 Å². The van der Waals surface area contributed by atoms with Gasteiger partial charge in [-0.15, -0.1) is 0 Å². The molecular formula is C20H23N5OS. The normalized spacial score (nSPS) is 18.5. The van der Waals surface area contributed by atoms with Crippen LogP contribution in [0.1, 0.15) is 40.0 Å². The summed E-state index contributed by atoms with van der Waals surface area (Å²) < 4.78 is 0. The standard InChI is InChI=1S/C20H23N5OS/c1-13-5-6-16(9-14(13)2)22-20-24-23-18(12-27-20)15-10-17(21-11-15)19(26)25-7-3-4-8-25/h5-6,9-11,21H,3-4,7-8,12H2,1-2H3,(H,22,24). The van der Waals surface area contributed by atoms with Crippen LogP contribution in [0.5, 0.6) is 0 Å². The molecule has 2 N–H and O–H groups in total. The molecule has 1 fully saturated rings. The molecule has 2 aromatic rings. The zero-order valence-electron chi connectivity index (χ0n) is 15.6. The second kappa shape index (κ2) is 7.60. The van der Waals surface area contributed by atoms with E-state index < -0.39 is 0 Å². The molecule has 0 bridgehead atoms. The molecule has 4 rings (SSSR count). The molecule has 0 saturated carbocycles. The number of aryl methyl sites for hydroxylation is 2. The van der Waals surface area contributed by atoms with Gasteiger partial charge in [0.15, 0.2) is 5.17 Å². The van der Waals surface area contributed by atoms with Crippen molar-refractivity contribution in [3.05, 3.63) is 52.8 Å². The number of hydrogen-bond donors (Lipinski definition) is 2. The van der Waals surface area contributed by atoms with Gasteiger partial charge in [0.2, 0.25) is 0 Å². The Kier molecular flexibility index (Phi) is 5.03. The SMILES string of the molecule is Cc1ccc(N=C2NN=C(c3c[nH]c(C(=O)N4CCCC4)c3)CS2)cc1C. The Labute approximate surface area is 163 Å². The number of nitrogens with zero attached hydrogens (tertiary/aromatic N) is 3. The molecule has 2 aliphatic heterocycles. The molecule has 27 heavy (non-hydrogen) atoms. The Bertz CT molecular complexity index is 924. The lowest BCUT2D eigenvalue weighted by molar-refractivity contribution is 0.0787. The summed E-state index contributed by atoms with van der Waals surface area (Å²) in [6.07, 6.45) is 4.04. The fourth-order valence-electron chi connectivity index (χ4n) is 3.21. The van der Waals surface area contributed by atoms with E-state index >= 15 is 0 Å². The maximum Gasteiger partial charge on any atom is 0.270 e. The number of likely N-dealkylation sites (tertiary alicyclic amines) is 1. The molecule has 3 heterocycles. The average Bonchev–Trinajstić information content (AvgIpc) is 3.37. The summed E-state index contributed by atoms with van der Waals surface area (Å²) >= 11 is 1.61. The molecule has 1 aromatic heterocycles. The third-order valence-electron chi connectivity index (χ3n) is 4.99. The zero-order chi connectivity index (χ0) is 18.8. The van der Waals surface area contributed by atoms with Crippen molar-refractivity contribution in [3.8, 4) is 0 Å². The van der Waals surface area contributed by atoms with Crippen LogP contribution in [0.15, 0.2) is 40.6 Å². The number of H-pyrrole nitrogens is 1.